The standard InChI is InChI=1S/C17H24N4O5/c1-17(2,3)26-16(23)21-14-13(10-12(18)11-19-14)15(20-21)25-9-5-8-24-7-4-6-22/h6,10-11H,4-5,7-9,18H2,1-3H3. The van der Waals surface area contributed by atoms with E-state index in [0.717, 1.165) is 11.0 Å². The van der Waals surface area contributed by atoms with Crippen LogP contribution >= 0.6 is 0 Å². The Morgan fingerprint density at radius 1 is 1.31 bits per heavy atom. The van der Waals surface area contributed by atoms with Gasteiger partial charge in [0.2, 0.25) is 5.88 Å². The van der Waals surface area contributed by atoms with Crippen LogP contribution in [0.5, 0.6) is 5.88 Å². The summed E-state index contributed by atoms with van der Waals surface area (Å²) < 4.78 is 17.3. The number of aldehydes is 1. The zero-order valence-electron chi connectivity index (χ0n) is 15.2. The van der Waals surface area contributed by atoms with Gasteiger partial charge in [-0.3, -0.25) is 0 Å². The number of nitrogens with two attached hydrogens (primary N) is 1. The number of rotatable bonds is 8. The maximum absolute atomic E-state index is 12.4. The van der Waals surface area contributed by atoms with Gasteiger partial charge in [0, 0.05) is 19.4 Å². The minimum Gasteiger partial charge on any atom is -0.476 e. The lowest BCUT2D eigenvalue weighted by Gasteiger charge is -2.18. The number of ether oxygens (including phenoxy) is 3. The van der Waals surface area contributed by atoms with E-state index in [1.54, 1.807) is 26.8 Å². The van der Waals surface area contributed by atoms with Crippen molar-refractivity contribution in [3.05, 3.63) is 12.3 Å². The molecule has 0 saturated carbocycles. The largest absolute Gasteiger partial charge is 0.476 e. The van der Waals surface area contributed by atoms with Crippen molar-refractivity contribution in [3.63, 3.8) is 0 Å². The van der Waals surface area contributed by atoms with E-state index >= 15 is 0 Å². The molecule has 9 heteroatoms. The van der Waals surface area contributed by atoms with Gasteiger partial charge in [0.1, 0.15) is 11.9 Å². The van der Waals surface area contributed by atoms with E-state index in [0.29, 0.717) is 49.4 Å². The number of aromatic nitrogens is 3. The van der Waals surface area contributed by atoms with Gasteiger partial charge < -0.3 is 24.7 Å². The Hall–Kier alpha value is -2.68. The highest BCUT2D eigenvalue weighted by molar-refractivity contribution is 5.90. The molecule has 0 saturated heterocycles. The van der Waals surface area contributed by atoms with Crippen LogP contribution in [0.25, 0.3) is 11.0 Å². The van der Waals surface area contributed by atoms with Crippen molar-refractivity contribution in [1.29, 1.82) is 0 Å². The third-order valence-electron chi connectivity index (χ3n) is 3.13. The molecule has 0 aliphatic rings. The van der Waals surface area contributed by atoms with Crippen molar-refractivity contribution < 1.29 is 23.8 Å². The first-order valence-electron chi connectivity index (χ1n) is 8.33. The third-order valence-corrected chi connectivity index (χ3v) is 3.13. The highest BCUT2D eigenvalue weighted by atomic mass is 16.6. The van der Waals surface area contributed by atoms with Gasteiger partial charge in [0.15, 0.2) is 5.65 Å². The molecule has 0 bridgehead atoms. The van der Waals surface area contributed by atoms with Crippen molar-refractivity contribution in [2.45, 2.75) is 39.2 Å². The number of carbonyl (C=O) groups is 2. The first kappa shape index (κ1) is 19.6. The number of nitrogens with zero attached hydrogens (tertiary/aromatic N) is 3. The third kappa shape index (κ3) is 5.41. The highest BCUT2D eigenvalue weighted by Crippen LogP contribution is 2.26. The molecular weight excluding hydrogens is 340 g/mol. The molecule has 2 rings (SSSR count). The first-order chi connectivity index (χ1) is 12.3. The van der Waals surface area contributed by atoms with Gasteiger partial charge in [0.05, 0.1) is 30.5 Å². The first-order valence-corrected chi connectivity index (χ1v) is 8.33. The minimum absolute atomic E-state index is 0.249. The zero-order valence-corrected chi connectivity index (χ0v) is 15.2. The van der Waals surface area contributed by atoms with Gasteiger partial charge in [-0.1, -0.05) is 0 Å². The monoisotopic (exact) mass is 364 g/mol. The minimum atomic E-state index is -0.664. The zero-order chi connectivity index (χ0) is 19.2. The van der Waals surface area contributed by atoms with E-state index in [1.165, 1.54) is 6.20 Å². The molecule has 0 atom stereocenters. The van der Waals surface area contributed by atoms with E-state index in [-0.39, 0.29) is 5.88 Å². The topological polar surface area (TPSA) is 119 Å². The van der Waals surface area contributed by atoms with Crippen LogP contribution in [0, 0.1) is 0 Å². The van der Waals surface area contributed by atoms with E-state index in [2.05, 4.69) is 10.1 Å². The second-order valence-electron chi connectivity index (χ2n) is 6.61. The Morgan fingerprint density at radius 3 is 2.77 bits per heavy atom. The molecule has 0 spiro atoms. The summed E-state index contributed by atoms with van der Waals surface area (Å²) in [5, 5.41) is 4.70. The summed E-state index contributed by atoms with van der Waals surface area (Å²) in [4.78, 5) is 26.7. The Morgan fingerprint density at radius 2 is 2.08 bits per heavy atom. The fourth-order valence-corrected chi connectivity index (χ4v) is 2.09. The molecule has 2 heterocycles. The Labute approximate surface area is 151 Å². The van der Waals surface area contributed by atoms with Crippen molar-refractivity contribution in [3.8, 4) is 5.88 Å². The van der Waals surface area contributed by atoms with Crippen LogP contribution < -0.4 is 10.5 Å². The highest BCUT2D eigenvalue weighted by Gasteiger charge is 2.23. The summed E-state index contributed by atoms with van der Waals surface area (Å²) in [5.41, 5.74) is 5.86. The van der Waals surface area contributed by atoms with Crippen LogP contribution in [0.2, 0.25) is 0 Å². The maximum Gasteiger partial charge on any atom is 0.437 e. The van der Waals surface area contributed by atoms with E-state index < -0.39 is 11.7 Å². The van der Waals surface area contributed by atoms with E-state index in [4.69, 9.17) is 19.9 Å². The Bertz CT molecular complexity index is 766. The molecule has 0 amide bonds. The maximum atomic E-state index is 12.4. The average molecular weight is 364 g/mol. The predicted molar refractivity (Wildman–Crippen MR) is 95.2 cm³/mol. The lowest BCUT2D eigenvalue weighted by Crippen LogP contribution is -2.27. The molecular formula is C17H24N4O5. The average Bonchev–Trinajstić information content (AvgIpc) is 2.90. The molecule has 9 nitrogen and oxygen atoms in total. The molecule has 26 heavy (non-hydrogen) atoms. The van der Waals surface area contributed by atoms with Crippen LogP contribution in [-0.2, 0) is 14.3 Å². The number of carbonyl (C=O) groups excluding carboxylic acids is 2. The van der Waals surface area contributed by atoms with Gasteiger partial charge in [0.25, 0.3) is 0 Å². The SMILES string of the molecule is CC(C)(C)OC(=O)n1nc(OCCCOCCC=O)c2cc(N)cnc21. The van der Waals surface area contributed by atoms with Gasteiger partial charge in [-0.2, -0.15) is 0 Å². The Balaban J connectivity index is 2.10. The fourth-order valence-electron chi connectivity index (χ4n) is 2.09. The smallest absolute Gasteiger partial charge is 0.437 e. The van der Waals surface area contributed by atoms with Crippen LogP contribution in [-0.4, -0.2) is 52.6 Å². The molecule has 0 aliphatic heterocycles. The number of pyridine rings is 1. The van der Waals surface area contributed by atoms with Crippen LogP contribution in [0.3, 0.4) is 0 Å². The summed E-state index contributed by atoms with van der Waals surface area (Å²) in [5.74, 6) is 0.249. The molecule has 142 valence electrons. The van der Waals surface area contributed by atoms with Crippen molar-refractivity contribution in [1.82, 2.24) is 14.8 Å². The number of nitrogen functional groups attached to an aromatic ring is 1. The Kier molecular flexibility index (Phi) is 6.51. The molecule has 0 unspecified atom stereocenters. The number of hydrogen-bond acceptors (Lipinski definition) is 8. The number of fused-ring (bicyclic) bond motifs is 1. The molecule has 2 aromatic heterocycles. The molecule has 0 aliphatic carbocycles. The summed E-state index contributed by atoms with van der Waals surface area (Å²) >= 11 is 0. The van der Waals surface area contributed by atoms with Gasteiger partial charge in [-0.05, 0) is 26.8 Å². The van der Waals surface area contributed by atoms with Crippen molar-refractivity contribution >= 4 is 29.1 Å². The lowest BCUT2D eigenvalue weighted by atomic mass is 10.2. The van der Waals surface area contributed by atoms with E-state index in [9.17, 15) is 9.59 Å². The summed E-state index contributed by atoms with van der Waals surface area (Å²) in [7, 11) is 0. The molecule has 0 aromatic carbocycles. The fraction of sp³-hybridized carbons (Fsp3) is 0.529. The van der Waals surface area contributed by atoms with Crippen LogP contribution in [0.1, 0.15) is 33.6 Å². The lowest BCUT2D eigenvalue weighted by molar-refractivity contribution is -0.108. The quantitative estimate of drug-likeness (QED) is 0.559. The normalized spacial score (nSPS) is 11.5. The predicted octanol–water partition coefficient (Wildman–Crippen LogP) is 2.17. The van der Waals surface area contributed by atoms with E-state index in [1.807, 2.05) is 0 Å². The summed E-state index contributed by atoms with van der Waals surface area (Å²) in [6.07, 6.45) is 2.58. The second-order valence-corrected chi connectivity index (χ2v) is 6.61. The van der Waals surface area contributed by atoms with Crippen LogP contribution in [0.4, 0.5) is 10.5 Å². The summed E-state index contributed by atoms with van der Waals surface area (Å²) in [6, 6.07) is 1.64. The molecule has 0 radical (unpaired) electrons. The molecule has 2 N–H and O–H groups in total. The van der Waals surface area contributed by atoms with Gasteiger partial charge in [-0.25, -0.2) is 9.78 Å². The molecule has 2 aromatic rings. The van der Waals surface area contributed by atoms with Gasteiger partial charge >= 0.3 is 6.09 Å². The summed E-state index contributed by atoms with van der Waals surface area (Å²) in [6.45, 7) is 6.48. The number of hydrogen-bond donors (Lipinski definition) is 1. The molecule has 0 fully saturated rings. The van der Waals surface area contributed by atoms with Crippen molar-refractivity contribution in [2.24, 2.45) is 0 Å². The van der Waals surface area contributed by atoms with Gasteiger partial charge in [-0.15, -0.1) is 9.78 Å². The number of anilines is 1. The second kappa shape index (κ2) is 8.61. The van der Waals surface area contributed by atoms with Crippen LogP contribution in [0.15, 0.2) is 12.3 Å². The van der Waals surface area contributed by atoms with Crippen molar-refractivity contribution in [2.75, 3.05) is 25.6 Å².